The number of carbonyl (C=O) groups is 3. The van der Waals surface area contributed by atoms with E-state index in [1.807, 2.05) is 13.8 Å². The summed E-state index contributed by atoms with van der Waals surface area (Å²) in [5, 5.41) is 14.3. The Balaban J connectivity index is 2.75. The summed E-state index contributed by atoms with van der Waals surface area (Å²) in [6.07, 6.45) is -0.912. The molecule has 0 spiro atoms. The molecular formula is C18H26N2O5. The van der Waals surface area contributed by atoms with Crippen molar-refractivity contribution < 1.29 is 24.2 Å². The number of alkyl carbamates (subject to hydrolysis) is 1. The van der Waals surface area contributed by atoms with Gasteiger partial charge in [0.15, 0.2) is 0 Å². The molecule has 2 atom stereocenters. The number of carbonyl (C=O) groups excluding carboxylic acids is 2. The number of hydrogen-bond donors (Lipinski definition) is 3. The first kappa shape index (κ1) is 20.5. The number of aromatic carboxylic acids is 1. The van der Waals surface area contributed by atoms with Crippen LogP contribution in [0.5, 0.6) is 0 Å². The van der Waals surface area contributed by atoms with Gasteiger partial charge in [0.1, 0.15) is 6.04 Å². The molecule has 1 unspecified atom stereocenters. The van der Waals surface area contributed by atoms with Gasteiger partial charge in [-0.05, 0) is 44.4 Å². The molecule has 1 aromatic carbocycles. The zero-order chi connectivity index (χ0) is 19.1. The van der Waals surface area contributed by atoms with Crippen LogP contribution in [0.15, 0.2) is 24.3 Å². The summed E-state index contributed by atoms with van der Waals surface area (Å²) in [6.45, 7) is 8.90. The molecule has 7 nitrogen and oxygen atoms in total. The molecule has 0 aliphatic carbocycles. The summed E-state index contributed by atoms with van der Waals surface area (Å²) in [4.78, 5) is 35.1. The summed E-state index contributed by atoms with van der Waals surface area (Å²) in [5.74, 6) is -1.46. The van der Waals surface area contributed by atoms with Gasteiger partial charge in [0.2, 0.25) is 5.91 Å². The number of carboxylic acid groups (broad SMARTS) is 1. The van der Waals surface area contributed by atoms with Crippen LogP contribution in [0.25, 0.3) is 0 Å². The number of ether oxygens (including phenoxy) is 1. The highest BCUT2D eigenvalue weighted by Crippen LogP contribution is 2.14. The quantitative estimate of drug-likeness (QED) is 0.701. The van der Waals surface area contributed by atoms with E-state index >= 15 is 0 Å². The predicted octanol–water partition coefficient (Wildman–Crippen LogP) is 2.72. The van der Waals surface area contributed by atoms with Crippen LogP contribution < -0.4 is 10.6 Å². The Bertz CT molecular complexity index is 610. The number of rotatable bonds is 7. The lowest BCUT2D eigenvalue weighted by Gasteiger charge is -2.24. The molecule has 1 aromatic rings. The van der Waals surface area contributed by atoms with Gasteiger partial charge in [-0.1, -0.05) is 26.0 Å². The van der Waals surface area contributed by atoms with E-state index in [1.54, 1.807) is 32.9 Å². The van der Waals surface area contributed by atoms with Gasteiger partial charge < -0.3 is 20.5 Å². The van der Waals surface area contributed by atoms with Crippen molar-refractivity contribution in [2.24, 2.45) is 5.92 Å². The van der Waals surface area contributed by atoms with Crippen LogP contribution in [-0.4, -0.2) is 35.2 Å². The van der Waals surface area contributed by atoms with Crippen molar-refractivity contribution in [1.82, 2.24) is 10.6 Å². The van der Waals surface area contributed by atoms with Gasteiger partial charge >= 0.3 is 12.1 Å². The number of amides is 2. The van der Waals surface area contributed by atoms with Crippen molar-refractivity contribution in [3.05, 3.63) is 35.4 Å². The first-order valence-corrected chi connectivity index (χ1v) is 8.22. The van der Waals surface area contributed by atoms with E-state index in [0.717, 1.165) is 5.56 Å². The van der Waals surface area contributed by atoms with Crippen LogP contribution in [0.2, 0.25) is 0 Å². The highest BCUT2D eigenvalue weighted by Gasteiger charge is 2.26. The van der Waals surface area contributed by atoms with E-state index in [9.17, 15) is 14.4 Å². The van der Waals surface area contributed by atoms with Crippen molar-refractivity contribution >= 4 is 18.0 Å². The first-order valence-electron chi connectivity index (χ1n) is 8.22. The van der Waals surface area contributed by atoms with E-state index in [0.29, 0.717) is 0 Å². The maximum absolute atomic E-state index is 12.5. The van der Waals surface area contributed by atoms with E-state index < -0.39 is 18.1 Å². The highest BCUT2D eigenvalue weighted by molar-refractivity contribution is 5.88. The van der Waals surface area contributed by atoms with Crippen LogP contribution in [0.1, 0.15) is 56.6 Å². The van der Waals surface area contributed by atoms with Gasteiger partial charge in [-0.15, -0.1) is 0 Å². The second-order valence-corrected chi connectivity index (χ2v) is 6.48. The third kappa shape index (κ3) is 6.45. The molecule has 0 bridgehead atoms. The average molecular weight is 350 g/mol. The van der Waals surface area contributed by atoms with Gasteiger partial charge in [-0.2, -0.15) is 0 Å². The zero-order valence-electron chi connectivity index (χ0n) is 15.2. The first-order chi connectivity index (χ1) is 11.6. The molecule has 25 heavy (non-hydrogen) atoms. The Hall–Kier alpha value is -2.57. The fraction of sp³-hybridized carbons (Fsp3) is 0.500. The third-order valence-electron chi connectivity index (χ3n) is 3.58. The van der Waals surface area contributed by atoms with Crippen LogP contribution in [0.3, 0.4) is 0 Å². The number of carboxylic acids is 1. The van der Waals surface area contributed by atoms with E-state index in [1.165, 1.54) is 12.1 Å². The molecule has 0 aromatic heterocycles. The second kappa shape index (κ2) is 9.05. The van der Waals surface area contributed by atoms with Gasteiger partial charge in [-0.25, -0.2) is 9.59 Å². The molecule has 138 valence electrons. The summed E-state index contributed by atoms with van der Waals surface area (Å²) in [5.41, 5.74) is 0.950. The molecule has 2 amide bonds. The Morgan fingerprint density at radius 2 is 1.52 bits per heavy atom. The summed E-state index contributed by atoms with van der Waals surface area (Å²) in [6, 6.07) is 5.21. The predicted molar refractivity (Wildman–Crippen MR) is 93.3 cm³/mol. The minimum Gasteiger partial charge on any atom is -0.478 e. The lowest BCUT2D eigenvalue weighted by Crippen LogP contribution is -2.50. The molecule has 0 fully saturated rings. The lowest BCUT2D eigenvalue weighted by molar-refractivity contribution is -0.124. The lowest BCUT2D eigenvalue weighted by atomic mass is 10.0. The molecule has 0 saturated carbocycles. The SMILES string of the molecule is CC(C)OC(=O)N[C@@H](C(=O)NC(C)c1ccc(C(=O)O)cc1)C(C)C. The summed E-state index contributed by atoms with van der Waals surface area (Å²) < 4.78 is 5.02. The monoisotopic (exact) mass is 350 g/mol. The van der Waals surface area contributed by atoms with Crippen molar-refractivity contribution in [1.29, 1.82) is 0 Å². The largest absolute Gasteiger partial charge is 0.478 e. The topological polar surface area (TPSA) is 105 Å². The van der Waals surface area contributed by atoms with Gasteiger partial charge in [0, 0.05) is 0 Å². The highest BCUT2D eigenvalue weighted by atomic mass is 16.6. The van der Waals surface area contributed by atoms with Crippen molar-refractivity contribution in [2.45, 2.75) is 52.8 Å². The Morgan fingerprint density at radius 3 is 1.96 bits per heavy atom. The molecule has 0 heterocycles. The molecule has 0 radical (unpaired) electrons. The van der Waals surface area contributed by atoms with Gasteiger partial charge in [-0.3, -0.25) is 4.79 Å². The molecule has 0 aliphatic heterocycles. The van der Waals surface area contributed by atoms with Gasteiger partial charge in [0.05, 0.1) is 17.7 Å². The van der Waals surface area contributed by atoms with Crippen molar-refractivity contribution in [3.8, 4) is 0 Å². The van der Waals surface area contributed by atoms with Crippen LogP contribution in [0, 0.1) is 5.92 Å². The van der Waals surface area contributed by atoms with Crippen molar-refractivity contribution in [2.75, 3.05) is 0 Å². The second-order valence-electron chi connectivity index (χ2n) is 6.48. The molecule has 3 N–H and O–H groups in total. The van der Waals surface area contributed by atoms with Crippen LogP contribution in [-0.2, 0) is 9.53 Å². The number of benzene rings is 1. The van der Waals surface area contributed by atoms with E-state index in [2.05, 4.69) is 10.6 Å². The fourth-order valence-electron chi connectivity index (χ4n) is 2.21. The fourth-order valence-corrected chi connectivity index (χ4v) is 2.21. The zero-order valence-corrected chi connectivity index (χ0v) is 15.2. The van der Waals surface area contributed by atoms with E-state index in [4.69, 9.17) is 9.84 Å². The summed E-state index contributed by atoms with van der Waals surface area (Å²) in [7, 11) is 0. The smallest absolute Gasteiger partial charge is 0.408 e. The molecule has 7 heteroatoms. The minimum atomic E-state index is -1.00. The Morgan fingerprint density at radius 1 is 0.960 bits per heavy atom. The van der Waals surface area contributed by atoms with Crippen molar-refractivity contribution in [3.63, 3.8) is 0 Å². The third-order valence-corrected chi connectivity index (χ3v) is 3.58. The number of nitrogens with one attached hydrogen (secondary N) is 2. The Labute approximate surface area is 147 Å². The number of hydrogen-bond acceptors (Lipinski definition) is 4. The average Bonchev–Trinajstić information content (AvgIpc) is 2.51. The molecule has 0 saturated heterocycles. The maximum Gasteiger partial charge on any atom is 0.408 e. The minimum absolute atomic E-state index is 0.124. The normalized spacial score (nSPS) is 13.2. The standard InChI is InChI=1S/C18H26N2O5/c1-10(2)15(20-18(24)25-11(3)4)16(21)19-12(5)13-6-8-14(9-7-13)17(22)23/h6-12,15H,1-5H3,(H,19,21)(H,20,24)(H,22,23)/t12?,15-/m1/s1. The van der Waals surface area contributed by atoms with Gasteiger partial charge in [0.25, 0.3) is 0 Å². The van der Waals surface area contributed by atoms with Crippen LogP contribution in [0.4, 0.5) is 4.79 Å². The Kier molecular flexibility index (Phi) is 7.42. The maximum atomic E-state index is 12.5. The molecule has 0 aliphatic rings. The molecular weight excluding hydrogens is 324 g/mol. The molecule has 1 rings (SSSR count). The van der Waals surface area contributed by atoms with E-state index in [-0.39, 0.29) is 29.5 Å². The summed E-state index contributed by atoms with van der Waals surface area (Å²) >= 11 is 0. The van der Waals surface area contributed by atoms with Crippen LogP contribution >= 0.6 is 0 Å².